The normalized spacial score (nSPS) is 11.6. The van der Waals surface area contributed by atoms with Gasteiger partial charge in [0.05, 0.1) is 7.11 Å². The van der Waals surface area contributed by atoms with E-state index in [2.05, 4.69) is 31.9 Å². The quantitative estimate of drug-likeness (QED) is 0.363. The molecule has 0 unspecified atom stereocenters. The molecule has 0 aliphatic rings. The predicted octanol–water partition coefficient (Wildman–Crippen LogP) is 2.08. The van der Waals surface area contributed by atoms with Crippen LogP contribution in [0.3, 0.4) is 0 Å². The Labute approximate surface area is 159 Å². The Kier molecular flexibility index (Phi) is 6.62. The van der Waals surface area contributed by atoms with Crippen LogP contribution in [0.25, 0.3) is 5.65 Å². The Morgan fingerprint density at radius 3 is 2.70 bits per heavy atom. The molecule has 0 aliphatic heterocycles. The minimum absolute atomic E-state index is 0.787. The van der Waals surface area contributed by atoms with E-state index in [0.717, 1.165) is 55.5 Å². The van der Waals surface area contributed by atoms with Crippen LogP contribution < -0.4 is 15.4 Å². The Balaban J connectivity index is 1.40. The standard InChI is InChI=1S/C20H26N6O/c1-21-20(23-14-12-16-8-3-4-9-17(16)27-2)22-13-7-11-19-25-24-18-10-5-6-15-26(18)19/h3-6,8-10,15H,7,11-14H2,1-2H3,(H2,21,22,23). The van der Waals surface area contributed by atoms with Gasteiger partial charge in [0, 0.05) is 32.8 Å². The molecule has 0 saturated heterocycles. The molecule has 0 bridgehead atoms. The summed E-state index contributed by atoms with van der Waals surface area (Å²) in [7, 11) is 3.48. The summed E-state index contributed by atoms with van der Waals surface area (Å²) in [5, 5.41) is 15.1. The predicted molar refractivity (Wildman–Crippen MR) is 107 cm³/mol. The molecule has 3 aromatic rings. The molecule has 0 fully saturated rings. The zero-order valence-corrected chi connectivity index (χ0v) is 15.9. The van der Waals surface area contributed by atoms with E-state index < -0.39 is 0 Å². The number of rotatable bonds is 8. The smallest absolute Gasteiger partial charge is 0.190 e. The van der Waals surface area contributed by atoms with E-state index in [1.807, 2.05) is 47.0 Å². The minimum Gasteiger partial charge on any atom is -0.496 e. The van der Waals surface area contributed by atoms with Crippen molar-refractivity contribution >= 4 is 11.6 Å². The molecule has 7 heteroatoms. The molecule has 0 amide bonds. The molecule has 2 N–H and O–H groups in total. The summed E-state index contributed by atoms with van der Waals surface area (Å²) in [5.74, 6) is 2.70. The van der Waals surface area contributed by atoms with Crippen LogP contribution in [0.4, 0.5) is 0 Å². The highest BCUT2D eigenvalue weighted by Crippen LogP contribution is 2.17. The van der Waals surface area contributed by atoms with Crippen molar-refractivity contribution in [1.29, 1.82) is 0 Å². The SMILES string of the molecule is CN=C(NCCCc1nnc2ccccn12)NCCc1ccccc1OC. The average molecular weight is 366 g/mol. The van der Waals surface area contributed by atoms with Gasteiger partial charge in [0.15, 0.2) is 11.6 Å². The van der Waals surface area contributed by atoms with Gasteiger partial charge in [-0.25, -0.2) is 0 Å². The van der Waals surface area contributed by atoms with Crippen LogP contribution in [0.15, 0.2) is 53.7 Å². The van der Waals surface area contributed by atoms with E-state index in [1.54, 1.807) is 14.2 Å². The second-order valence-corrected chi connectivity index (χ2v) is 6.14. The number of methoxy groups -OCH3 is 1. The Morgan fingerprint density at radius 1 is 1.04 bits per heavy atom. The summed E-state index contributed by atoms with van der Waals surface area (Å²) in [6.07, 6.45) is 4.67. The van der Waals surface area contributed by atoms with Crippen molar-refractivity contribution in [2.75, 3.05) is 27.2 Å². The molecule has 1 aromatic carbocycles. The number of fused-ring (bicyclic) bond motifs is 1. The average Bonchev–Trinajstić information content (AvgIpc) is 3.13. The monoisotopic (exact) mass is 366 g/mol. The maximum atomic E-state index is 5.39. The zero-order valence-electron chi connectivity index (χ0n) is 15.9. The number of nitrogens with one attached hydrogen (secondary N) is 2. The lowest BCUT2D eigenvalue weighted by Gasteiger charge is -2.13. The van der Waals surface area contributed by atoms with Gasteiger partial charge in [0.25, 0.3) is 0 Å². The first-order chi connectivity index (χ1) is 13.3. The molecule has 2 aromatic heterocycles. The fraction of sp³-hybridized carbons (Fsp3) is 0.350. The van der Waals surface area contributed by atoms with Crippen LogP contribution >= 0.6 is 0 Å². The van der Waals surface area contributed by atoms with Gasteiger partial charge >= 0.3 is 0 Å². The van der Waals surface area contributed by atoms with Gasteiger partial charge in [0.1, 0.15) is 11.6 Å². The highest BCUT2D eigenvalue weighted by atomic mass is 16.5. The second-order valence-electron chi connectivity index (χ2n) is 6.14. The number of benzene rings is 1. The van der Waals surface area contributed by atoms with E-state index in [9.17, 15) is 0 Å². The second kappa shape index (κ2) is 9.56. The molecule has 3 rings (SSSR count). The van der Waals surface area contributed by atoms with Crippen LogP contribution in [0.5, 0.6) is 5.75 Å². The summed E-state index contributed by atoms with van der Waals surface area (Å²) in [4.78, 5) is 4.28. The van der Waals surface area contributed by atoms with Gasteiger partial charge in [-0.2, -0.15) is 0 Å². The molecule has 0 radical (unpaired) electrons. The van der Waals surface area contributed by atoms with E-state index >= 15 is 0 Å². The van der Waals surface area contributed by atoms with Gasteiger partial charge in [-0.3, -0.25) is 9.39 Å². The summed E-state index contributed by atoms with van der Waals surface area (Å²) in [6, 6.07) is 14.0. The van der Waals surface area contributed by atoms with Gasteiger partial charge in [-0.05, 0) is 36.6 Å². The summed E-state index contributed by atoms with van der Waals surface area (Å²) in [5.41, 5.74) is 2.07. The molecule has 0 atom stereocenters. The highest BCUT2D eigenvalue weighted by molar-refractivity contribution is 5.79. The maximum absolute atomic E-state index is 5.39. The van der Waals surface area contributed by atoms with Crippen LogP contribution in [0.1, 0.15) is 17.8 Å². The number of hydrogen-bond acceptors (Lipinski definition) is 4. The first kappa shape index (κ1) is 18.7. The molecule has 0 spiro atoms. The molecule has 0 aliphatic carbocycles. The van der Waals surface area contributed by atoms with E-state index in [-0.39, 0.29) is 0 Å². The maximum Gasteiger partial charge on any atom is 0.190 e. The Morgan fingerprint density at radius 2 is 1.85 bits per heavy atom. The third-order valence-corrected chi connectivity index (χ3v) is 4.36. The Bertz CT molecular complexity index is 889. The third-order valence-electron chi connectivity index (χ3n) is 4.36. The molecular weight excluding hydrogens is 340 g/mol. The lowest BCUT2D eigenvalue weighted by atomic mass is 10.1. The van der Waals surface area contributed by atoms with Crippen molar-refractivity contribution in [1.82, 2.24) is 25.2 Å². The fourth-order valence-electron chi connectivity index (χ4n) is 2.96. The molecule has 27 heavy (non-hydrogen) atoms. The van der Waals surface area contributed by atoms with Gasteiger partial charge in [-0.15, -0.1) is 10.2 Å². The minimum atomic E-state index is 0.787. The van der Waals surface area contributed by atoms with Crippen molar-refractivity contribution in [2.24, 2.45) is 4.99 Å². The van der Waals surface area contributed by atoms with Crippen LogP contribution in [-0.4, -0.2) is 47.8 Å². The number of ether oxygens (including phenoxy) is 1. The van der Waals surface area contributed by atoms with E-state index in [4.69, 9.17) is 4.74 Å². The van der Waals surface area contributed by atoms with Crippen LogP contribution in [-0.2, 0) is 12.8 Å². The number of aryl methyl sites for hydroxylation is 1. The van der Waals surface area contributed by atoms with Crippen molar-refractivity contribution < 1.29 is 4.74 Å². The molecule has 2 heterocycles. The third kappa shape index (κ3) is 4.97. The lowest BCUT2D eigenvalue weighted by molar-refractivity contribution is 0.409. The van der Waals surface area contributed by atoms with Gasteiger partial charge < -0.3 is 15.4 Å². The summed E-state index contributed by atoms with van der Waals surface area (Å²) in [6.45, 7) is 1.60. The lowest BCUT2D eigenvalue weighted by Crippen LogP contribution is -2.38. The van der Waals surface area contributed by atoms with Crippen molar-refractivity contribution in [3.05, 3.63) is 60.0 Å². The molecule has 0 saturated carbocycles. The van der Waals surface area contributed by atoms with E-state index in [1.165, 1.54) is 5.56 Å². The molecular formula is C20H26N6O. The fourth-order valence-corrected chi connectivity index (χ4v) is 2.96. The number of aliphatic imine (C=N–C) groups is 1. The summed E-state index contributed by atoms with van der Waals surface area (Å²) >= 11 is 0. The van der Waals surface area contributed by atoms with Gasteiger partial charge in [-0.1, -0.05) is 24.3 Å². The first-order valence-corrected chi connectivity index (χ1v) is 9.17. The van der Waals surface area contributed by atoms with E-state index in [0.29, 0.717) is 0 Å². The zero-order chi connectivity index (χ0) is 18.9. The van der Waals surface area contributed by atoms with Crippen molar-refractivity contribution in [3.8, 4) is 5.75 Å². The van der Waals surface area contributed by atoms with Gasteiger partial charge in [0.2, 0.25) is 0 Å². The van der Waals surface area contributed by atoms with Crippen LogP contribution in [0, 0.1) is 0 Å². The highest BCUT2D eigenvalue weighted by Gasteiger charge is 2.05. The van der Waals surface area contributed by atoms with Crippen molar-refractivity contribution in [3.63, 3.8) is 0 Å². The Hall–Kier alpha value is -3.09. The topological polar surface area (TPSA) is 75.8 Å². The number of hydrogen-bond donors (Lipinski definition) is 2. The largest absolute Gasteiger partial charge is 0.496 e. The van der Waals surface area contributed by atoms with Crippen molar-refractivity contribution in [2.45, 2.75) is 19.3 Å². The first-order valence-electron chi connectivity index (χ1n) is 9.17. The number of aromatic nitrogens is 3. The number of para-hydroxylation sites is 1. The number of nitrogens with zero attached hydrogens (tertiary/aromatic N) is 4. The molecule has 142 valence electrons. The number of pyridine rings is 1. The number of guanidine groups is 1. The molecule has 7 nitrogen and oxygen atoms in total. The van der Waals surface area contributed by atoms with Crippen LogP contribution in [0.2, 0.25) is 0 Å². The summed E-state index contributed by atoms with van der Waals surface area (Å²) < 4.78 is 7.42.